The average Bonchev–Trinajstić information content (AvgIpc) is 2.93. The molecule has 2 heteroatoms. The van der Waals surface area contributed by atoms with Crippen molar-refractivity contribution in [3.05, 3.63) is 0 Å². The zero-order chi connectivity index (χ0) is 11.4. The molecule has 0 aromatic heterocycles. The summed E-state index contributed by atoms with van der Waals surface area (Å²) in [6, 6.07) is 0.802. The zero-order valence-electron chi connectivity index (χ0n) is 10.9. The lowest BCUT2D eigenvalue weighted by molar-refractivity contribution is 0.00365. The zero-order valence-corrected chi connectivity index (χ0v) is 10.9. The highest BCUT2D eigenvalue weighted by atomic mass is 16.5. The van der Waals surface area contributed by atoms with E-state index in [-0.39, 0.29) is 0 Å². The highest BCUT2D eigenvalue weighted by molar-refractivity contribution is 4.82. The molecule has 0 amide bonds. The van der Waals surface area contributed by atoms with Crippen molar-refractivity contribution in [2.75, 3.05) is 13.2 Å². The van der Waals surface area contributed by atoms with Crippen molar-refractivity contribution in [3.63, 3.8) is 0 Å². The van der Waals surface area contributed by atoms with Gasteiger partial charge in [-0.2, -0.15) is 0 Å². The molecule has 0 heterocycles. The molecule has 0 radical (unpaired) electrons. The first-order valence-electron chi connectivity index (χ1n) is 7.10. The normalized spacial score (nSPS) is 24.2. The fraction of sp³-hybridized carbons (Fsp3) is 1.00. The van der Waals surface area contributed by atoms with E-state index in [9.17, 15) is 0 Å². The third kappa shape index (κ3) is 4.06. The van der Waals surface area contributed by atoms with Crippen LogP contribution >= 0.6 is 0 Å². The maximum atomic E-state index is 6.10. The molecule has 0 spiro atoms. The summed E-state index contributed by atoms with van der Waals surface area (Å²) in [6.07, 6.45) is 8.77. The van der Waals surface area contributed by atoms with Gasteiger partial charge in [-0.3, -0.25) is 0 Å². The second-order valence-electron chi connectivity index (χ2n) is 5.95. The van der Waals surface area contributed by atoms with E-state index in [1.807, 2.05) is 0 Å². The molecule has 2 fully saturated rings. The summed E-state index contributed by atoms with van der Waals surface area (Å²) in [5.41, 5.74) is 0. The van der Waals surface area contributed by atoms with Gasteiger partial charge >= 0.3 is 0 Å². The van der Waals surface area contributed by atoms with E-state index < -0.39 is 0 Å². The summed E-state index contributed by atoms with van der Waals surface area (Å²) < 4.78 is 6.10. The van der Waals surface area contributed by atoms with Crippen LogP contribution in [0.4, 0.5) is 0 Å². The summed E-state index contributed by atoms with van der Waals surface area (Å²) in [5.74, 6) is 1.48. The van der Waals surface area contributed by atoms with Crippen molar-refractivity contribution in [1.29, 1.82) is 0 Å². The molecule has 1 atom stereocenters. The molecule has 0 aromatic carbocycles. The SMILES string of the molecule is CC(C)C(CNC1CC1)OCC1CCCC1. The Bertz CT molecular complexity index is 195. The number of rotatable bonds is 7. The number of ether oxygens (including phenoxy) is 1. The molecule has 2 rings (SSSR count). The van der Waals surface area contributed by atoms with Gasteiger partial charge in [0.05, 0.1) is 6.10 Å². The van der Waals surface area contributed by atoms with Crippen LogP contribution in [-0.2, 0) is 4.74 Å². The fourth-order valence-electron chi connectivity index (χ4n) is 2.49. The Kier molecular flexibility index (Phi) is 4.66. The predicted molar refractivity (Wildman–Crippen MR) is 67.6 cm³/mol. The van der Waals surface area contributed by atoms with Crippen LogP contribution < -0.4 is 5.32 Å². The van der Waals surface area contributed by atoms with Crippen LogP contribution in [-0.4, -0.2) is 25.3 Å². The Morgan fingerprint density at radius 1 is 1.12 bits per heavy atom. The smallest absolute Gasteiger partial charge is 0.0722 e. The number of hydrogen-bond acceptors (Lipinski definition) is 2. The Hall–Kier alpha value is -0.0800. The van der Waals surface area contributed by atoms with Gasteiger partial charge in [-0.1, -0.05) is 26.7 Å². The second-order valence-corrected chi connectivity index (χ2v) is 5.95. The van der Waals surface area contributed by atoms with E-state index in [1.54, 1.807) is 0 Å². The maximum Gasteiger partial charge on any atom is 0.0722 e. The van der Waals surface area contributed by atoms with Gasteiger partial charge in [-0.15, -0.1) is 0 Å². The number of hydrogen-bond donors (Lipinski definition) is 1. The van der Waals surface area contributed by atoms with Crippen LogP contribution in [0.25, 0.3) is 0 Å². The maximum absolute atomic E-state index is 6.10. The Balaban J connectivity index is 1.64. The molecule has 2 saturated carbocycles. The Labute approximate surface area is 100 Å². The molecule has 94 valence electrons. The fourth-order valence-corrected chi connectivity index (χ4v) is 2.49. The van der Waals surface area contributed by atoms with Crippen LogP contribution in [0.2, 0.25) is 0 Å². The quantitative estimate of drug-likeness (QED) is 0.719. The minimum absolute atomic E-state index is 0.418. The Morgan fingerprint density at radius 3 is 2.38 bits per heavy atom. The molecular formula is C14H27NO. The molecule has 0 aliphatic heterocycles. The summed E-state index contributed by atoms with van der Waals surface area (Å²) in [4.78, 5) is 0. The second kappa shape index (κ2) is 6.02. The standard InChI is InChI=1S/C14H27NO/c1-11(2)14(9-15-13-7-8-13)16-10-12-5-3-4-6-12/h11-15H,3-10H2,1-2H3. The van der Waals surface area contributed by atoms with Crippen LogP contribution in [0.3, 0.4) is 0 Å². The van der Waals surface area contributed by atoms with E-state index >= 15 is 0 Å². The van der Waals surface area contributed by atoms with Gasteiger partial charge in [0.15, 0.2) is 0 Å². The minimum atomic E-state index is 0.418. The Morgan fingerprint density at radius 2 is 1.81 bits per heavy atom. The van der Waals surface area contributed by atoms with Crippen LogP contribution in [0.5, 0.6) is 0 Å². The van der Waals surface area contributed by atoms with Gasteiger partial charge in [0.1, 0.15) is 0 Å². The van der Waals surface area contributed by atoms with Crippen molar-refractivity contribution >= 4 is 0 Å². The van der Waals surface area contributed by atoms with Gasteiger partial charge in [-0.25, -0.2) is 0 Å². The highest BCUT2D eigenvalue weighted by Crippen LogP contribution is 2.26. The summed E-state index contributed by atoms with van der Waals surface area (Å²) in [5, 5.41) is 3.59. The van der Waals surface area contributed by atoms with Crippen LogP contribution in [0.1, 0.15) is 52.4 Å². The first kappa shape index (κ1) is 12.4. The molecule has 2 nitrogen and oxygen atoms in total. The van der Waals surface area contributed by atoms with Gasteiger partial charge in [0.2, 0.25) is 0 Å². The van der Waals surface area contributed by atoms with Crippen molar-refractivity contribution in [2.45, 2.75) is 64.5 Å². The van der Waals surface area contributed by atoms with E-state index in [0.717, 1.165) is 25.1 Å². The van der Waals surface area contributed by atoms with Crippen LogP contribution in [0, 0.1) is 11.8 Å². The van der Waals surface area contributed by atoms with Gasteiger partial charge in [-0.05, 0) is 37.5 Å². The van der Waals surface area contributed by atoms with Crippen molar-refractivity contribution < 1.29 is 4.74 Å². The first-order valence-corrected chi connectivity index (χ1v) is 7.10. The monoisotopic (exact) mass is 225 g/mol. The lowest BCUT2D eigenvalue weighted by atomic mass is 10.1. The van der Waals surface area contributed by atoms with Gasteiger partial charge in [0, 0.05) is 19.2 Å². The van der Waals surface area contributed by atoms with Gasteiger partial charge < -0.3 is 10.1 Å². The molecule has 0 aromatic rings. The summed E-state index contributed by atoms with van der Waals surface area (Å²) in [6.45, 7) is 6.59. The molecule has 1 unspecified atom stereocenters. The van der Waals surface area contributed by atoms with Gasteiger partial charge in [0.25, 0.3) is 0 Å². The number of nitrogens with one attached hydrogen (secondary N) is 1. The average molecular weight is 225 g/mol. The first-order chi connectivity index (χ1) is 7.75. The molecule has 1 N–H and O–H groups in total. The summed E-state index contributed by atoms with van der Waals surface area (Å²) in [7, 11) is 0. The molecule has 2 aliphatic carbocycles. The molecule has 16 heavy (non-hydrogen) atoms. The molecule has 2 aliphatic rings. The molecule has 0 bridgehead atoms. The minimum Gasteiger partial charge on any atom is -0.376 e. The van der Waals surface area contributed by atoms with E-state index in [0.29, 0.717) is 12.0 Å². The van der Waals surface area contributed by atoms with E-state index in [2.05, 4.69) is 19.2 Å². The highest BCUT2D eigenvalue weighted by Gasteiger charge is 2.24. The van der Waals surface area contributed by atoms with Crippen molar-refractivity contribution in [3.8, 4) is 0 Å². The predicted octanol–water partition coefficient (Wildman–Crippen LogP) is 2.97. The summed E-state index contributed by atoms with van der Waals surface area (Å²) >= 11 is 0. The van der Waals surface area contributed by atoms with Crippen molar-refractivity contribution in [1.82, 2.24) is 5.32 Å². The largest absolute Gasteiger partial charge is 0.376 e. The van der Waals surface area contributed by atoms with Crippen molar-refractivity contribution in [2.24, 2.45) is 11.8 Å². The van der Waals surface area contributed by atoms with Crippen LogP contribution in [0.15, 0.2) is 0 Å². The van der Waals surface area contributed by atoms with E-state index in [1.165, 1.54) is 38.5 Å². The molecule has 0 saturated heterocycles. The lowest BCUT2D eigenvalue weighted by Crippen LogP contribution is -2.35. The topological polar surface area (TPSA) is 21.3 Å². The lowest BCUT2D eigenvalue weighted by Gasteiger charge is -2.23. The third-order valence-electron chi connectivity index (χ3n) is 3.95. The third-order valence-corrected chi connectivity index (χ3v) is 3.95. The molecular weight excluding hydrogens is 198 g/mol. The van der Waals surface area contributed by atoms with E-state index in [4.69, 9.17) is 4.74 Å².